The van der Waals surface area contributed by atoms with Crippen LogP contribution in [0.15, 0.2) is 48.8 Å². The summed E-state index contributed by atoms with van der Waals surface area (Å²) in [4.78, 5) is 6.49. The number of piperazine rings is 1. The molecule has 31 heavy (non-hydrogen) atoms. The van der Waals surface area contributed by atoms with Crippen molar-refractivity contribution in [2.75, 3.05) is 31.1 Å². The first-order chi connectivity index (χ1) is 13.3. The van der Waals surface area contributed by atoms with Gasteiger partial charge < -0.3 is 15.7 Å². The minimum Gasteiger partial charge on any atom is -0.412 e. The third-order valence-electron chi connectivity index (χ3n) is 4.68. The molecule has 1 aromatic carbocycles. The lowest BCUT2D eigenvalue weighted by atomic mass is 10.0. The molecule has 0 saturated carbocycles. The molecule has 2 aromatic heterocycles. The summed E-state index contributed by atoms with van der Waals surface area (Å²) >= 11 is 6.11. The quantitative estimate of drug-likeness (QED) is 0.549. The second kappa shape index (κ2) is 13.4. The molecule has 3 N–H and O–H groups in total. The lowest BCUT2D eigenvalue weighted by Gasteiger charge is -2.28. The molecule has 1 fully saturated rings. The van der Waals surface area contributed by atoms with E-state index in [1.165, 1.54) is 0 Å². The first-order valence-electron chi connectivity index (χ1n) is 8.94. The van der Waals surface area contributed by atoms with Crippen molar-refractivity contribution in [3.63, 3.8) is 0 Å². The smallest absolute Gasteiger partial charge is 0.159 e. The maximum absolute atomic E-state index is 6.11. The number of rotatable bonds is 4. The van der Waals surface area contributed by atoms with E-state index in [1.54, 1.807) is 12.4 Å². The highest BCUT2D eigenvalue weighted by molar-refractivity contribution is 6.30. The normalized spacial score (nSPS) is 12.3. The number of benzene rings is 1. The van der Waals surface area contributed by atoms with Gasteiger partial charge in [0.25, 0.3) is 0 Å². The highest BCUT2D eigenvalue weighted by Crippen LogP contribution is 2.39. The molecule has 0 bridgehead atoms. The van der Waals surface area contributed by atoms with Gasteiger partial charge in [-0.3, -0.25) is 9.67 Å². The maximum Gasteiger partial charge on any atom is 0.159 e. The van der Waals surface area contributed by atoms with Gasteiger partial charge in [-0.1, -0.05) is 29.7 Å². The van der Waals surface area contributed by atoms with Gasteiger partial charge >= 0.3 is 0 Å². The largest absolute Gasteiger partial charge is 0.412 e. The molecule has 0 aliphatic carbocycles. The number of anilines is 1. The molecule has 1 aliphatic heterocycles. The lowest BCUT2D eigenvalue weighted by Crippen LogP contribution is -2.44. The van der Waals surface area contributed by atoms with Gasteiger partial charge in [0.2, 0.25) is 0 Å². The number of hydrogen-bond donors (Lipinski definition) is 1. The van der Waals surface area contributed by atoms with E-state index in [9.17, 15) is 0 Å². The van der Waals surface area contributed by atoms with Crippen molar-refractivity contribution in [1.82, 2.24) is 20.1 Å². The number of nitrogens with one attached hydrogen (secondary N) is 1. The van der Waals surface area contributed by atoms with E-state index >= 15 is 0 Å². The van der Waals surface area contributed by atoms with Crippen molar-refractivity contribution in [2.24, 2.45) is 0 Å². The van der Waals surface area contributed by atoms with Gasteiger partial charge in [-0.2, -0.15) is 5.10 Å². The summed E-state index contributed by atoms with van der Waals surface area (Å²) in [6.45, 7) is 4.10. The molecule has 168 valence electrons. The number of hydrogen-bond acceptors (Lipinski definition) is 4. The topological polar surface area (TPSA) is 77.5 Å². The van der Waals surface area contributed by atoms with Gasteiger partial charge in [-0.05, 0) is 29.8 Å². The summed E-state index contributed by atoms with van der Waals surface area (Å²) in [7, 11) is 0. The summed E-state index contributed by atoms with van der Waals surface area (Å²) in [5.74, 6) is 3.69. The molecule has 1 aliphatic rings. The molecular formula is C21H25Cl4N5O. The number of nitrogens with zero attached hydrogens (tertiary/aromatic N) is 4. The van der Waals surface area contributed by atoms with E-state index in [2.05, 4.69) is 21.1 Å². The fourth-order valence-corrected chi connectivity index (χ4v) is 3.56. The monoisotopic (exact) mass is 503 g/mol. The molecule has 0 atom stereocenters. The van der Waals surface area contributed by atoms with Gasteiger partial charge in [-0.15, -0.1) is 43.6 Å². The van der Waals surface area contributed by atoms with Crippen LogP contribution in [-0.2, 0) is 6.54 Å². The van der Waals surface area contributed by atoms with E-state index in [4.69, 9.17) is 23.1 Å². The van der Waals surface area contributed by atoms with E-state index in [-0.39, 0.29) is 42.7 Å². The molecule has 1 saturated heterocycles. The average molecular weight is 505 g/mol. The van der Waals surface area contributed by atoms with Gasteiger partial charge in [-0.25, -0.2) is 0 Å². The Bertz CT molecular complexity index is 968. The number of aromatic nitrogens is 3. The minimum atomic E-state index is 0. The summed E-state index contributed by atoms with van der Waals surface area (Å²) in [6, 6.07) is 11.8. The minimum absolute atomic E-state index is 0. The zero-order valence-corrected chi connectivity index (χ0v) is 19.8. The number of pyridine rings is 1. The van der Waals surface area contributed by atoms with Crippen LogP contribution in [0.25, 0.3) is 22.4 Å². The molecule has 0 amide bonds. The van der Waals surface area contributed by atoms with Crippen molar-refractivity contribution >= 4 is 54.6 Å². The van der Waals surface area contributed by atoms with Gasteiger partial charge in [0.15, 0.2) is 5.82 Å². The summed E-state index contributed by atoms with van der Waals surface area (Å²) < 4.78 is 1.91. The molecule has 0 spiro atoms. The Morgan fingerprint density at radius 1 is 0.968 bits per heavy atom. The van der Waals surface area contributed by atoms with Crippen LogP contribution in [0.1, 0.15) is 0 Å². The molecular weight excluding hydrogens is 480 g/mol. The van der Waals surface area contributed by atoms with Crippen molar-refractivity contribution in [3.8, 4) is 34.7 Å². The van der Waals surface area contributed by atoms with E-state index in [1.807, 2.05) is 41.1 Å². The maximum atomic E-state index is 6.11. The van der Waals surface area contributed by atoms with E-state index in [0.717, 1.165) is 54.4 Å². The molecule has 3 aromatic rings. The second-order valence-corrected chi connectivity index (χ2v) is 6.83. The predicted octanol–water partition coefficient (Wildman–Crippen LogP) is 3.75. The lowest BCUT2D eigenvalue weighted by molar-refractivity contribution is 0.580. The Kier molecular flexibility index (Phi) is 12.6. The summed E-state index contributed by atoms with van der Waals surface area (Å²) in [6.07, 6.45) is 9.26. The Hall–Kier alpha value is -1.98. The van der Waals surface area contributed by atoms with Crippen molar-refractivity contribution in [1.29, 1.82) is 0 Å². The Morgan fingerprint density at radius 3 is 2.16 bits per heavy atom. The van der Waals surface area contributed by atoms with Crippen LogP contribution in [-0.4, -0.2) is 46.4 Å². The Balaban J connectivity index is 0.00000225. The molecule has 10 heteroatoms. The first kappa shape index (κ1) is 29.0. The fraction of sp³-hybridized carbons (Fsp3) is 0.238. The van der Waals surface area contributed by atoms with Crippen LogP contribution in [0.2, 0.25) is 5.02 Å². The zero-order chi connectivity index (χ0) is 18.6. The zero-order valence-electron chi connectivity index (χ0n) is 16.6. The molecule has 0 radical (unpaired) electrons. The SMILES string of the molecule is C#CCn1nc(N2CCNCC2)c(-c2ccncc2)c1-c1ccc(Cl)cc1.Cl.Cl.Cl.O. The van der Waals surface area contributed by atoms with Crippen LogP contribution in [0.3, 0.4) is 0 Å². The second-order valence-electron chi connectivity index (χ2n) is 6.39. The third-order valence-corrected chi connectivity index (χ3v) is 4.93. The molecule has 3 heterocycles. The summed E-state index contributed by atoms with van der Waals surface area (Å²) in [5.41, 5.74) is 4.20. The molecule has 0 unspecified atom stereocenters. The highest BCUT2D eigenvalue weighted by atomic mass is 35.5. The number of halogens is 4. The fourth-order valence-electron chi connectivity index (χ4n) is 3.43. The molecule has 6 nitrogen and oxygen atoms in total. The van der Waals surface area contributed by atoms with Crippen molar-refractivity contribution in [3.05, 3.63) is 53.8 Å². The third kappa shape index (κ3) is 6.27. The standard InChI is InChI=1S/C21H20ClN5.3ClH.H2O/c1-2-13-27-20(17-3-5-18(22)6-4-17)19(16-7-9-23-10-8-16)21(25-27)26-14-11-24-12-15-26;;;;/h1,3-10,24H,11-15H2;3*1H;1H2. The Morgan fingerprint density at radius 2 is 1.58 bits per heavy atom. The van der Waals surface area contributed by atoms with Gasteiger partial charge in [0, 0.05) is 49.2 Å². The Labute approximate surface area is 205 Å². The first-order valence-corrected chi connectivity index (χ1v) is 9.32. The van der Waals surface area contributed by atoms with Gasteiger partial charge in [0.05, 0.1) is 11.3 Å². The van der Waals surface area contributed by atoms with Crippen molar-refractivity contribution in [2.45, 2.75) is 6.54 Å². The molecule has 4 rings (SSSR count). The van der Waals surface area contributed by atoms with Crippen LogP contribution in [0.5, 0.6) is 0 Å². The van der Waals surface area contributed by atoms with Crippen LogP contribution in [0, 0.1) is 12.3 Å². The van der Waals surface area contributed by atoms with Crippen LogP contribution >= 0.6 is 48.8 Å². The van der Waals surface area contributed by atoms with E-state index in [0.29, 0.717) is 11.6 Å². The average Bonchev–Trinajstić information content (AvgIpc) is 3.09. The predicted molar refractivity (Wildman–Crippen MR) is 135 cm³/mol. The number of terminal acetylenes is 1. The highest BCUT2D eigenvalue weighted by Gasteiger charge is 2.25. The van der Waals surface area contributed by atoms with E-state index < -0.39 is 0 Å². The van der Waals surface area contributed by atoms with Crippen LogP contribution < -0.4 is 10.2 Å². The summed E-state index contributed by atoms with van der Waals surface area (Å²) in [5, 5.41) is 9.02. The van der Waals surface area contributed by atoms with Gasteiger partial charge in [0.1, 0.15) is 6.54 Å². The van der Waals surface area contributed by atoms with Crippen molar-refractivity contribution < 1.29 is 5.48 Å². The van der Waals surface area contributed by atoms with Crippen LogP contribution in [0.4, 0.5) is 5.82 Å².